The maximum Gasteiger partial charge on any atom is 0.219 e. The molecule has 0 atom stereocenters. The van der Waals surface area contributed by atoms with E-state index in [0.29, 0.717) is 16.7 Å². The number of aromatic nitrogens is 1. The lowest BCUT2D eigenvalue weighted by atomic mass is 10.3. The maximum absolute atomic E-state index is 11.4. The third-order valence-electron chi connectivity index (χ3n) is 2.16. The second kappa shape index (κ2) is 4.96. The molecule has 0 saturated heterocycles. The Morgan fingerprint density at radius 3 is 2.61 bits per heavy atom. The molecule has 2 aromatic rings. The first-order valence-electron chi connectivity index (χ1n) is 5.05. The highest BCUT2D eigenvalue weighted by atomic mass is 35.5. The first-order valence-corrected chi connectivity index (χ1v) is 7.31. The monoisotopic (exact) mass is 283 g/mol. The van der Waals surface area contributed by atoms with Crippen molar-refractivity contribution >= 4 is 21.4 Å². The second-order valence-corrected chi connectivity index (χ2v) is 6.12. The van der Waals surface area contributed by atoms with Crippen molar-refractivity contribution < 1.29 is 13.2 Å². The van der Waals surface area contributed by atoms with Gasteiger partial charge in [0, 0.05) is 18.5 Å². The molecule has 1 aromatic heterocycles. The predicted octanol–water partition coefficient (Wildman–Crippen LogP) is 2.93. The lowest BCUT2D eigenvalue weighted by Gasteiger charge is -2.05. The van der Waals surface area contributed by atoms with Crippen LogP contribution < -0.4 is 4.74 Å². The van der Waals surface area contributed by atoms with Gasteiger partial charge in [-0.25, -0.2) is 13.4 Å². The van der Waals surface area contributed by atoms with Crippen LogP contribution in [0.3, 0.4) is 0 Å². The molecule has 0 unspecified atom stereocenters. The van der Waals surface area contributed by atoms with Crippen LogP contribution >= 0.6 is 11.6 Å². The average Bonchev–Trinajstić information content (AvgIpc) is 2.31. The van der Waals surface area contributed by atoms with E-state index in [0.717, 1.165) is 6.26 Å². The van der Waals surface area contributed by atoms with E-state index >= 15 is 0 Å². The van der Waals surface area contributed by atoms with E-state index in [-0.39, 0.29) is 4.90 Å². The van der Waals surface area contributed by atoms with Gasteiger partial charge in [-0.15, -0.1) is 0 Å². The van der Waals surface area contributed by atoms with Crippen LogP contribution in [0, 0.1) is 0 Å². The van der Waals surface area contributed by atoms with Gasteiger partial charge in [-0.1, -0.05) is 17.7 Å². The molecule has 0 aliphatic carbocycles. The van der Waals surface area contributed by atoms with E-state index < -0.39 is 9.84 Å². The van der Waals surface area contributed by atoms with Crippen molar-refractivity contribution in [2.24, 2.45) is 0 Å². The van der Waals surface area contributed by atoms with Gasteiger partial charge in [-0.2, -0.15) is 0 Å². The summed E-state index contributed by atoms with van der Waals surface area (Å²) in [7, 11) is -3.25. The van der Waals surface area contributed by atoms with Gasteiger partial charge in [0.05, 0.1) is 9.92 Å². The quantitative estimate of drug-likeness (QED) is 0.869. The number of nitrogens with zero attached hydrogens (tertiary/aromatic N) is 1. The number of sulfone groups is 1. The molecule has 0 fully saturated rings. The minimum atomic E-state index is -3.25. The fourth-order valence-electron chi connectivity index (χ4n) is 1.31. The maximum atomic E-state index is 11.4. The van der Waals surface area contributed by atoms with Crippen LogP contribution in [0.5, 0.6) is 11.6 Å². The number of benzene rings is 1. The van der Waals surface area contributed by atoms with Crippen molar-refractivity contribution in [1.29, 1.82) is 0 Å². The van der Waals surface area contributed by atoms with Gasteiger partial charge in [-0.3, -0.25) is 0 Å². The van der Waals surface area contributed by atoms with Crippen LogP contribution in [-0.2, 0) is 9.84 Å². The largest absolute Gasteiger partial charge is 0.439 e. The Labute approximate surface area is 110 Å². The van der Waals surface area contributed by atoms with E-state index in [1.807, 2.05) is 0 Å². The van der Waals surface area contributed by atoms with Crippen molar-refractivity contribution in [1.82, 2.24) is 4.98 Å². The molecular formula is C12H10ClNO3S. The molecule has 0 aliphatic heterocycles. The van der Waals surface area contributed by atoms with E-state index in [9.17, 15) is 8.42 Å². The molecule has 94 valence electrons. The van der Waals surface area contributed by atoms with Crippen molar-refractivity contribution in [3.8, 4) is 11.6 Å². The second-order valence-electron chi connectivity index (χ2n) is 3.66. The van der Waals surface area contributed by atoms with Crippen molar-refractivity contribution in [2.45, 2.75) is 4.90 Å². The van der Waals surface area contributed by atoms with Crippen molar-refractivity contribution in [3.63, 3.8) is 0 Å². The van der Waals surface area contributed by atoms with E-state index in [4.69, 9.17) is 16.3 Å². The molecule has 0 aliphatic rings. The third kappa shape index (κ3) is 3.21. The average molecular weight is 284 g/mol. The zero-order chi connectivity index (χ0) is 13.2. The summed E-state index contributed by atoms with van der Waals surface area (Å²) in [6, 6.07) is 9.48. The number of hydrogen-bond donors (Lipinski definition) is 0. The molecule has 6 heteroatoms. The summed E-state index contributed by atoms with van der Waals surface area (Å²) >= 11 is 5.70. The van der Waals surface area contributed by atoms with Crippen LogP contribution in [0.1, 0.15) is 0 Å². The van der Waals surface area contributed by atoms with Gasteiger partial charge in [0.15, 0.2) is 9.84 Å². The molecule has 1 heterocycles. The number of halogens is 1. The molecular weight excluding hydrogens is 274 g/mol. The molecule has 2 rings (SSSR count). The summed E-state index contributed by atoms with van der Waals surface area (Å²) in [5.74, 6) is 0.762. The predicted molar refractivity (Wildman–Crippen MR) is 68.9 cm³/mol. The van der Waals surface area contributed by atoms with E-state index in [1.165, 1.54) is 18.3 Å². The van der Waals surface area contributed by atoms with Crippen molar-refractivity contribution in [2.75, 3.05) is 6.26 Å². The lowest BCUT2D eigenvalue weighted by Crippen LogP contribution is -1.97. The molecule has 0 radical (unpaired) electrons. The van der Waals surface area contributed by atoms with Crippen LogP contribution in [0.15, 0.2) is 47.5 Å². The zero-order valence-electron chi connectivity index (χ0n) is 9.50. The summed E-state index contributed by atoms with van der Waals surface area (Å²) in [6.07, 6.45) is 2.60. The van der Waals surface area contributed by atoms with Gasteiger partial charge in [0.25, 0.3) is 0 Å². The third-order valence-corrected chi connectivity index (χ3v) is 3.49. The molecule has 18 heavy (non-hydrogen) atoms. The fraction of sp³-hybridized carbons (Fsp3) is 0.0833. The standard InChI is InChI=1S/C12H10ClNO3S/c1-18(15,16)11-4-2-3-10(7-11)17-12-6-5-9(13)8-14-12/h2-8H,1H3. The van der Waals surface area contributed by atoms with Crippen LogP contribution in [0.25, 0.3) is 0 Å². The zero-order valence-corrected chi connectivity index (χ0v) is 11.1. The van der Waals surface area contributed by atoms with Gasteiger partial charge >= 0.3 is 0 Å². The topological polar surface area (TPSA) is 56.3 Å². The van der Waals surface area contributed by atoms with Gasteiger partial charge < -0.3 is 4.74 Å². The SMILES string of the molecule is CS(=O)(=O)c1cccc(Oc2ccc(Cl)cn2)c1. The molecule has 0 spiro atoms. The number of hydrogen-bond acceptors (Lipinski definition) is 4. The summed E-state index contributed by atoms with van der Waals surface area (Å²) < 4.78 is 28.2. The summed E-state index contributed by atoms with van der Waals surface area (Å²) in [4.78, 5) is 4.16. The molecule has 0 N–H and O–H groups in total. The van der Waals surface area contributed by atoms with E-state index in [2.05, 4.69) is 4.98 Å². The van der Waals surface area contributed by atoms with Crippen LogP contribution in [0.4, 0.5) is 0 Å². The van der Waals surface area contributed by atoms with Gasteiger partial charge in [0.2, 0.25) is 5.88 Å². The summed E-state index contributed by atoms with van der Waals surface area (Å²) in [6.45, 7) is 0. The number of ether oxygens (including phenoxy) is 1. The lowest BCUT2D eigenvalue weighted by molar-refractivity contribution is 0.461. The van der Waals surface area contributed by atoms with Crippen LogP contribution in [0.2, 0.25) is 5.02 Å². The molecule has 4 nitrogen and oxygen atoms in total. The first kappa shape index (κ1) is 12.9. The first-order chi connectivity index (χ1) is 8.45. The van der Waals surface area contributed by atoms with E-state index in [1.54, 1.807) is 24.3 Å². The smallest absolute Gasteiger partial charge is 0.219 e. The Morgan fingerprint density at radius 1 is 1.22 bits per heavy atom. The molecule has 0 bridgehead atoms. The highest BCUT2D eigenvalue weighted by Gasteiger charge is 2.08. The Kier molecular flexibility index (Phi) is 3.54. The normalized spacial score (nSPS) is 11.2. The molecule has 1 aromatic carbocycles. The molecule has 0 saturated carbocycles. The highest BCUT2D eigenvalue weighted by molar-refractivity contribution is 7.90. The fourth-order valence-corrected chi connectivity index (χ4v) is 2.08. The minimum Gasteiger partial charge on any atom is -0.439 e. The van der Waals surface area contributed by atoms with Gasteiger partial charge in [-0.05, 0) is 24.3 Å². The molecule has 0 amide bonds. The number of pyridine rings is 1. The Bertz CT molecular complexity index is 653. The Balaban J connectivity index is 2.27. The summed E-state index contributed by atoms with van der Waals surface area (Å²) in [5, 5.41) is 0.507. The Hall–Kier alpha value is -1.59. The minimum absolute atomic E-state index is 0.203. The highest BCUT2D eigenvalue weighted by Crippen LogP contribution is 2.23. The van der Waals surface area contributed by atoms with Crippen molar-refractivity contribution in [3.05, 3.63) is 47.6 Å². The summed E-state index contributed by atoms with van der Waals surface area (Å²) in [5.41, 5.74) is 0. The van der Waals surface area contributed by atoms with Crippen LogP contribution in [-0.4, -0.2) is 19.7 Å². The Morgan fingerprint density at radius 2 is 2.00 bits per heavy atom. The van der Waals surface area contributed by atoms with Gasteiger partial charge in [0.1, 0.15) is 5.75 Å². The number of rotatable bonds is 3.